The number of aliphatic imine (C=N–C) groups is 1. The minimum absolute atomic E-state index is 0. The molecule has 8 heteroatoms. The Morgan fingerprint density at radius 2 is 2.00 bits per heavy atom. The molecule has 0 aliphatic heterocycles. The molecule has 0 saturated heterocycles. The first-order valence-electron chi connectivity index (χ1n) is 9.72. The number of hydrogen-bond donors (Lipinski definition) is 2. The summed E-state index contributed by atoms with van der Waals surface area (Å²) in [4.78, 5) is 4.68. The summed E-state index contributed by atoms with van der Waals surface area (Å²) < 4.78 is 16.3. The molecule has 2 rings (SSSR count). The Bertz CT molecular complexity index is 762. The van der Waals surface area contributed by atoms with E-state index < -0.39 is 0 Å². The first kappa shape index (κ1) is 25.2. The number of nitrogens with one attached hydrogen (secondary N) is 2. The molecule has 0 atom stereocenters. The lowest BCUT2D eigenvalue weighted by molar-refractivity contribution is 0.145. The van der Waals surface area contributed by atoms with Crippen LogP contribution < -0.4 is 15.4 Å². The number of rotatable bonds is 10. The molecule has 0 saturated carbocycles. The number of methoxy groups -OCH3 is 1. The topological polar surface area (TPSA) is 80.9 Å². The molecular weight excluding hydrogens is 483 g/mol. The fourth-order valence-corrected chi connectivity index (χ4v) is 2.52. The molecule has 0 aliphatic rings. The van der Waals surface area contributed by atoms with E-state index in [0.29, 0.717) is 38.2 Å². The minimum atomic E-state index is 0. The highest BCUT2D eigenvalue weighted by Gasteiger charge is 2.09. The molecular formula is C21H33IN4O3. The van der Waals surface area contributed by atoms with Gasteiger partial charge in [0.15, 0.2) is 11.7 Å². The third-order valence-electron chi connectivity index (χ3n) is 4.12. The van der Waals surface area contributed by atoms with Gasteiger partial charge in [0.05, 0.1) is 25.4 Å². The lowest BCUT2D eigenvalue weighted by atomic mass is 10.1. The van der Waals surface area contributed by atoms with Crippen molar-refractivity contribution in [2.45, 2.75) is 46.7 Å². The van der Waals surface area contributed by atoms with Gasteiger partial charge in [-0.15, -0.1) is 24.0 Å². The van der Waals surface area contributed by atoms with Crippen molar-refractivity contribution in [2.75, 3.05) is 26.9 Å². The van der Waals surface area contributed by atoms with Crippen molar-refractivity contribution < 1.29 is 14.0 Å². The number of benzene rings is 1. The van der Waals surface area contributed by atoms with Gasteiger partial charge in [0.25, 0.3) is 0 Å². The van der Waals surface area contributed by atoms with Crippen LogP contribution in [0.2, 0.25) is 0 Å². The number of guanidine groups is 1. The van der Waals surface area contributed by atoms with Gasteiger partial charge in [-0.1, -0.05) is 31.1 Å². The summed E-state index contributed by atoms with van der Waals surface area (Å²) in [6, 6.07) is 8.12. The van der Waals surface area contributed by atoms with Crippen LogP contribution in [0.4, 0.5) is 0 Å². The maximum absolute atomic E-state index is 5.85. The van der Waals surface area contributed by atoms with Crippen LogP contribution in [0, 0.1) is 6.92 Å². The smallest absolute Gasteiger partial charge is 0.191 e. The van der Waals surface area contributed by atoms with Crippen LogP contribution >= 0.6 is 24.0 Å². The summed E-state index contributed by atoms with van der Waals surface area (Å²) in [5.41, 5.74) is 3.13. The SMILES string of the molecule is CCNC(=NCc1ccc(C)cc1OCCOC)NCc1cc(C(C)C)no1.I. The Morgan fingerprint density at radius 1 is 1.21 bits per heavy atom. The van der Waals surface area contributed by atoms with Crippen molar-refractivity contribution in [3.8, 4) is 5.75 Å². The molecule has 0 unspecified atom stereocenters. The van der Waals surface area contributed by atoms with E-state index in [0.717, 1.165) is 34.9 Å². The summed E-state index contributed by atoms with van der Waals surface area (Å²) in [7, 11) is 1.66. The van der Waals surface area contributed by atoms with Crippen molar-refractivity contribution in [2.24, 2.45) is 4.99 Å². The van der Waals surface area contributed by atoms with E-state index in [1.54, 1.807) is 7.11 Å². The number of aryl methyl sites for hydroxylation is 1. The Hall–Kier alpha value is -1.81. The van der Waals surface area contributed by atoms with Crippen molar-refractivity contribution in [1.82, 2.24) is 15.8 Å². The van der Waals surface area contributed by atoms with Crippen molar-refractivity contribution in [3.05, 3.63) is 46.8 Å². The lowest BCUT2D eigenvalue weighted by Crippen LogP contribution is -2.36. The summed E-state index contributed by atoms with van der Waals surface area (Å²) in [6.45, 7) is 11.1. The Labute approximate surface area is 190 Å². The van der Waals surface area contributed by atoms with Gasteiger partial charge in [0.1, 0.15) is 12.4 Å². The van der Waals surface area contributed by atoms with Gasteiger partial charge in [-0.05, 0) is 31.4 Å². The summed E-state index contributed by atoms with van der Waals surface area (Å²) >= 11 is 0. The summed E-state index contributed by atoms with van der Waals surface area (Å²) in [5.74, 6) is 2.69. The van der Waals surface area contributed by atoms with Crippen LogP contribution in [0.15, 0.2) is 33.8 Å². The lowest BCUT2D eigenvalue weighted by Gasteiger charge is -2.13. The fourth-order valence-electron chi connectivity index (χ4n) is 2.52. The quantitative estimate of drug-likeness (QED) is 0.215. The van der Waals surface area contributed by atoms with Crippen LogP contribution in [-0.2, 0) is 17.8 Å². The molecule has 162 valence electrons. The molecule has 0 fully saturated rings. The third kappa shape index (κ3) is 8.61. The average molecular weight is 516 g/mol. The summed E-state index contributed by atoms with van der Waals surface area (Å²) in [5, 5.41) is 10.6. The molecule has 0 spiro atoms. The van der Waals surface area contributed by atoms with Crippen LogP contribution in [0.5, 0.6) is 5.75 Å². The molecule has 0 aliphatic carbocycles. The van der Waals surface area contributed by atoms with Crippen molar-refractivity contribution >= 4 is 29.9 Å². The van der Waals surface area contributed by atoms with E-state index in [9.17, 15) is 0 Å². The molecule has 1 aromatic heterocycles. The number of halogens is 1. The maximum atomic E-state index is 5.85. The Balaban J connectivity index is 0.00000420. The molecule has 2 aromatic rings. The normalized spacial score (nSPS) is 11.3. The zero-order chi connectivity index (χ0) is 20.4. The first-order valence-corrected chi connectivity index (χ1v) is 9.72. The monoisotopic (exact) mass is 516 g/mol. The van der Waals surface area contributed by atoms with Crippen molar-refractivity contribution in [1.29, 1.82) is 0 Å². The highest BCUT2D eigenvalue weighted by molar-refractivity contribution is 14.0. The van der Waals surface area contributed by atoms with Gasteiger partial charge in [-0.25, -0.2) is 4.99 Å². The molecule has 29 heavy (non-hydrogen) atoms. The van der Waals surface area contributed by atoms with Crippen LogP contribution in [0.3, 0.4) is 0 Å². The largest absolute Gasteiger partial charge is 0.491 e. The van der Waals surface area contributed by atoms with Crippen LogP contribution in [-0.4, -0.2) is 38.0 Å². The molecule has 0 amide bonds. The second-order valence-corrected chi connectivity index (χ2v) is 6.87. The zero-order valence-electron chi connectivity index (χ0n) is 17.9. The van der Waals surface area contributed by atoms with Crippen molar-refractivity contribution in [3.63, 3.8) is 0 Å². The van der Waals surface area contributed by atoms with E-state index in [2.05, 4.69) is 46.8 Å². The molecule has 0 bridgehead atoms. The fraction of sp³-hybridized carbons (Fsp3) is 0.524. The van der Waals surface area contributed by atoms with E-state index in [1.165, 1.54) is 0 Å². The number of ether oxygens (including phenoxy) is 2. The van der Waals surface area contributed by atoms with Gasteiger partial charge >= 0.3 is 0 Å². The van der Waals surface area contributed by atoms with E-state index >= 15 is 0 Å². The third-order valence-corrected chi connectivity index (χ3v) is 4.12. The minimum Gasteiger partial charge on any atom is -0.491 e. The molecule has 1 heterocycles. The van der Waals surface area contributed by atoms with Gasteiger partial charge in [-0.2, -0.15) is 0 Å². The number of aromatic nitrogens is 1. The Morgan fingerprint density at radius 3 is 2.66 bits per heavy atom. The maximum Gasteiger partial charge on any atom is 0.191 e. The van der Waals surface area contributed by atoms with Crippen LogP contribution in [0.1, 0.15) is 49.3 Å². The predicted molar refractivity (Wildman–Crippen MR) is 126 cm³/mol. The second-order valence-electron chi connectivity index (χ2n) is 6.87. The van der Waals surface area contributed by atoms with Gasteiger partial charge in [-0.3, -0.25) is 0 Å². The van der Waals surface area contributed by atoms with Gasteiger partial charge in [0.2, 0.25) is 0 Å². The Kier molecular flexibility index (Phi) is 11.7. The first-order chi connectivity index (χ1) is 13.5. The van der Waals surface area contributed by atoms with Gasteiger partial charge < -0.3 is 24.6 Å². The van der Waals surface area contributed by atoms with E-state index in [-0.39, 0.29) is 24.0 Å². The highest BCUT2D eigenvalue weighted by atomic mass is 127. The number of nitrogens with zero attached hydrogens (tertiary/aromatic N) is 2. The predicted octanol–water partition coefficient (Wildman–Crippen LogP) is 4.00. The van der Waals surface area contributed by atoms with Gasteiger partial charge in [0, 0.05) is 25.3 Å². The molecule has 2 N–H and O–H groups in total. The van der Waals surface area contributed by atoms with E-state index in [4.69, 9.17) is 14.0 Å². The summed E-state index contributed by atoms with van der Waals surface area (Å²) in [6.07, 6.45) is 0. The standard InChI is InChI=1S/C21H32N4O3.HI/c1-6-22-21(24-14-18-12-19(15(2)3)25-28-18)23-13-17-8-7-16(4)11-20(17)27-10-9-26-5;/h7-8,11-12,15H,6,9-10,13-14H2,1-5H3,(H2,22,23,24);1H. The molecule has 0 radical (unpaired) electrons. The molecule has 7 nitrogen and oxygen atoms in total. The highest BCUT2D eigenvalue weighted by Crippen LogP contribution is 2.21. The van der Waals surface area contributed by atoms with E-state index in [1.807, 2.05) is 26.0 Å². The zero-order valence-corrected chi connectivity index (χ0v) is 20.3. The second kappa shape index (κ2) is 13.4. The molecule has 1 aromatic carbocycles. The average Bonchev–Trinajstić information content (AvgIpc) is 3.15. The van der Waals surface area contributed by atoms with Crippen LogP contribution in [0.25, 0.3) is 0 Å². The number of hydrogen-bond acceptors (Lipinski definition) is 5.